The van der Waals surface area contributed by atoms with Crippen LogP contribution in [0.25, 0.3) is 0 Å². The first-order valence-electron chi connectivity index (χ1n) is 12.7. The summed E-state index contributed by atoms with van der Waals surface area (Å²) in [4.78, 5) is 27.8. The van der Waals surface area contributed by atoms with Gasteiger partial charge in [0.15, 0.2) is 0 Å². The second-order valence-corrected chi connectivity index (χ2v) is 11.6. The molecule has 2 aromatic rings. The van der Waals surface area contributed by atoms with Crippen LogP contribution in [0.4, 0.5) is 5.69 Å². The first-order chi connectivity index (χ1) is 17.5. The molecule has 0 aliphatic carbocycles. The van der Waals surface area contributed by atoms with Crippen molar-refractivity contribution in [3.8, 4) is 5.75 Å². The zero-order chi connectivity index (χ0) is 27.6. The van der Waals surface area contributed by atoms with Gasteiger partial charge in [0.25, 0.3) is 0 Å². The molecule has 2 amide bonds. The smallest absolute Gasteiger partial charge is 0.242 e. The molecule has 0 fully saturated rings. The molecule has 1 atom stereocenters. The number of hydrogen-bond donors (Lipinski definition) is 1. The molecule has 37 heavy (non-hydrogen) atoms. The van der Waals surface area contributed by atoms with E-state index in [4.69, 9.17) is 4.74 Å². The van der Waals surface area contributed by atoms with E-state index >= 15 is 0 Å². The number of amides is 2. The molecule has 0 aliphatic rings. The zero-order valence-corrected chi connectivity index (χ0v) is 23.7. The number of methoxy groups -OCH3 is 1. The average molecular weight is 532 g/mol. The number of carbonyl (C=O) groups is 2. The monoisotopic (exact) mass is 531 g/mol. The second kappa shape index (κ2) is 14.0. The minimum atomic E-state index is -3.53. The van der Waals surface area contributed by atoms with Crippen molar-refractivity contribution in [2.24, 2.45) is 5.92 Å². The summed E-state index contributed by atoms with van der Waals surface area (Å²) >= 11 is 0. The van der Waals surface area contributed by atoms with Gasteiger partial charge in [-0.05, 0) is 61.1 Å². The minimum Gasteiger partial charge on any atom is -0.497 e. The lowest BCUT2D eigenvalue weighted by molar-refractivity contribution is -0.140. The fraction of sp³-hybridized carbons (Fsp3) is 0.500. The van der Waals surface area contributed by atoms with Gasteiger partial charge in [-0.3, -0.25) is 13.9 Å². The number of ether oxygens (including phenoxy) is 1. The third kappa shape index (κ3) is 9.39. The molecule has 1 N–H and O–H groups in total. The molecule has 204 valence electrons. The Morgan fingerprint density at radius 1 is 1.03 bits per heavy atom. The van der Waals surface area contributed by atoms with Gasteiger partial charge in [0.05, 0.1) is 19.1 Å². The lowest BCUT2D eigenvalue weighted by Crippen LogP contribution is -2.48. The molecule has 0 saturated carbocycles. The summed E-state index contributed by atoms with van der Waals surface area (Å²) in [5.41, 5.74) is 2.53. The van der Waals surface area contributed by atoms with Crippen LogP contribution < -0.4 is 14.4 Å². The quantitative estimate of drug-likeness (QED) is 0.398. The number of hydrogen-bond acceptors (Lipinski definition) is 5. The zero-order valence-electron chi connectivity index (χ0n) is 22.9. The highest BCUT2D eigenvalue weighted by Gasteiger charge is 2.27. The van der Waals surface area contributed by atoms with Crippen molar-refractivity contribution in [2.75, 3.05) is 30.8 Å². The molecule has 0 radical (unpaired) electrons. The van der Waals surface area contributed by atoms with E-state index in [0.717, 1.165) is 17.5 Å². The van der Waals surface area contributed by atoms with E-state index in [1.807, 2.05) is 57.2 Å². The van der Waals surface area contributed by atoms with Crippen LogP contribution in [0.5, 0.6) is 5.75 Å². The standard InChI is InChI=1S/C28H41N3O5S/c1-7-23-13-15-25(16-14-23)31(37(6,34)35)17-9-12-27(32)30(22(4)28(33)29-19-21(2)3)20-24-10-8-11-26(18-24)36-5/h8,10-11,13-16,18,21-22H,7,9,12,17,19-20H2,1-6H3,(H,29,33)/t22-/m0/s1. The average Bonchev–Trinajstić information content (AvgIpc) is 2.87. The van der Waals surface area contributed by atoms with E-state index < -0.39 is 16.1 Å². The lowest BCUT2D eigenvalue weighted by atomic mass is 10.1. The number of carbonyl (C=O) groups excluding carboxylic acids is 2. The SMILES string of the molecule is CCc1ccc(N(CCCC(=O)N(Cc2cccc(OC)c2)[C@@H](C)C(=O)NCC(C)C)S(C)(=O)=O)cc1. The predicted octanol–water partition coefficient (Wildman–Crippen LogP) is 3.99. The van der Waals surface area contributed by atoms with Crippen LogP contribution in [-0.4, -0.2) is 57.6 Å². The molecule has 2 rings (SSSR count). The highest BCUT2D eigenvalue weighted by Crippen LogP contribution is 2.21. The Kier molecular flexibility index (Phi) is 11.4. The maximum Gasteiger partial charge on any atom is 0.242 e. The van der Waals surface area contributed by atoms with E-state index in [-0.39, 0.29) is 37.2 Å². The van der Waals surface area contributed by atoms with Crippen molar-refractivity contribution in [1.82, 2.24) is 10.2 Å². The van der Waals surface area contributed by atoms with Crippen LogP contribution in [0, 0.1) is 5.92 Å². The van der Waals surface area contributed by atoms with E-state index in [9.17, 15) is 18.0 Å². The van der Waals surface area contributed by atoms with Crippen LogP contribution in [-0.2, 0) is 32.6 Å². The Bertz CT molecular complexity index is 1130. The Morgan fingerprint density at radius 3 is 2.27 bits per heavy atom. The highest BCUT2D eigenvalue weighted by molar-refractivity contribution is 7.92. The molecule has 8 nitrogen and oxygen atoms in total. The van der Waals surface area contributed by atoms with Crippen molar-refractivity contribution in [2.45, 2.75) is 59.5 Å². The topological polar surface area (TPSA) is 96.0 Å². The Labute approximate surface area is 222 Å². The fourth-order valence-corrected chi connectivity index (χ4v) is 4.87. The van der Waals surface area contributed by atoms with Crippen molar-refractivity contribution in [3.05, 3.63) is 59.7 Å². The molecule has 2 aromatic carbocycles. The van der Waals surface area contributed by atoms with E-state index in [1.165, 1.54) is 10.6 Å². The third-order valence-corrected chi connectivity index (χ3v) is 7.32. The summed E-state index contributed by atoms with van der Waals surface area (Å²) in [6.45, 7) is 8.69. The summed E-state index contributed by atoms with van der Waals surface area (Å²) < 4.78 is 31.6. The maximum atomic E-state index is 13.4. The van der Waals surface area contributed by atoms with Gasteiger partial charge < -0.3 is 15.0 Å². The van der Waals surface area contributed by atoms with E-state index in [2.05, 4.69) is 5.32 Å². The summed E-state index contributed by atoms with van der Waals surface area (Å²) in [7, 11) is -1.95. The normalized spacial score (nSPS) is 12.2. The number of benzene rings is 2. The first-order valence-corrected chi connectivity index (χ1v) is 14.6. The lowest BCUT2D eigenvalue weighted by Gasteiger charge is -2.30. The maximum absolute atomic E-state index is 13.4. The second-order valence-electron chi connectivity index (χ2n) is 9.65. The van der Waals surface area contributed by atoms with Crippen molar-refractivity contribution in [3.63, 3.8) is 0 Å². The molecule has 9 heteroatoms. The first kappa shape index (κ1) is 30.2. The molecule has 0 heterocycles. The van der Waals surface area contributed by atoms with E-state index in [0.29, 0.717) is 24.4 Å². The van der Waals surface area contributed by atoms with Crippen LogP contribution in [0.3, 0.4) is 0 Å². The predicted molar refractivity (Wildman–Crippen MR) is 148 cm³/mol. The largest absolute Gasteiger partial charge is 0.497 e. The van der Waals surface area contributed by atoms with Gasteiger partial charge in [-0.15, -0.1) is 0 Å². The Balaban J connectivity index is 2.17. The number of sulfonamides is 1. The summed E-state index contributed by atoms with van der Waals surface area (Å²) in [5.74, 6) is 0.510. The number of anilines is 1. The van der Waals surface area contributed by atoms with Crippen LogP contribution in [0.2, 0.25) is 0 Å². The number of aryl methyl sites for hydroxylation is 1. The molecular formula is C28H41N3O5S. The van der Waals surface area contributed by atoms with Gasteiger partial charge in [0.2, 0.25) is 21.8 Å². The van der Waals surface area contributed by atoms with Gasteiger partial charge in [-0.1, -0.05) is 45.0 Å². The number of nitrogens with one attached hydrogen (secondary N) is 1. The summed E-state index contributed by atoms with van der Waals surface area (Å²) in [5, 5.41) is 2.91. The van der Waals surface area contributed by atoms with Crippen LogP contribution in [0.1, 0.15) is 51.7 Å². The highest BCUT2D eigenvalue weighted by atomic mass is 32.2. The number of nitrogens with zero attached hydrogens (tertiary/aromatic N) is 2. The third-order valence-electron chi connectivity index (χ3n) is 6.12. The summed E-state index contributed by atoms with van der Waals surface area (Å²) in [6.07, 6.45) is 2.44. The van der Waals surface area contributed by atoms with Crippen molar-refractivity contribution >= 4 is 27.5 Å². The molecule has 0 bridgehead atoms. The Hall–Kier alpha value is -3.07. The molecule has 0 saturated heterocycles. The molecule has 0 aromatic heterocycles. The van der Waals surface area contributed by atoms with Gasteiger partial charge in [-0.2, -0.15) is 0 Å². The molecule has 0 spiro atoms. The van der Waals surface area contributed by atoms with Gasteiger partial charge in [-0.25, -0.2) is 8.42 Å². The van der Waals surface area contributed by atoms with Crippen molar-refractivity contribution in [1.29, 1.82) is 0 Å². The van der Waals surface area contributed by atoms with Crippen LogP contribution >= 0.6 is 0 Å². The summed E-state index contributed by atoms with van der Waals surface area (Å²) in [6, 6.07) is 14.1. The van der Waals surface area contributed by atoms with Gasteiger partial charge in [0, 0.05) is 26.1 Å². The fourth-order valence-electron chi connectivity index (χ4n) is 3.90. The number of rotatable bonds is 14. The molecule has 0 aliphatic heterocycles. The van der Waals surface area contributed by atoms with Gasteiger partial charge >= 0.3 is 0 Å². The molecular weight excluding hydrogens is 490 g/mol. The van der Waals surface area contributed by atoms with Gasteiger partial charge in [0.1, 0.15) is 11.8 Å². The van der Waals surface area contributed by atoms with Crippen LogP contribution in [0.15, 0.2) is 48.5 Å². The van der Waals surface area contributed by atoms with Crippen molar-refractivity contribution < 1.29 is 22.7 Å². The van der Waals surface area contributed by atoms with E-state index in [1.54, 1.807) is 31.1 Å². The minimum absolute atomic E-state index is 0.102. The molecule has 0 unspecified atom stereocenters. The Morgan fingerprint density at radius 2 is 1.70 bits per heavy atom.